The molecule has 1 saturated heterocycles. The Morgan fingerprint density at radius 1 is 1.08 bits per heavy atom. The van der Waals surface area contributed by atoms with Crippen LogP contribution in [0.3, 0.4) is 0 Å². The molecule has 0 aromatic heterocycles. The van der Waals surface area contributed by atoms with Crippen molar-refractivity contribution in [3.05, 3.63) is 65.0 Å². The Morgan fingerprint density at radius 3 is 2.18 bits per heavy atom. The van der Waals surface area contributed by atoms with E-state index in [1.54, 1.807) is 11.0 Å². The zero-order chi connectivity index (χ0) is 28.7. The van der Waals surface area contributed by atoms with Crippen LogP contribution in [0, 0.1) is 5.82 Å². The van der Waals surface area contributed by atoms with E-state index in [-0.39, 0.29) is 29.9 Å². The number of hydrogen-bond donors (Lipinski definition) is 1. The van der Waals surface area contributed by atoms with E-state index in [0.29, 0.717) is 18.7 Å². The fourth-order valence-electron chi connectivity index (χ4n) is 3.88. The summed E-state index contributed by atoms with van der Waals surface area (Å²) in [7, 11) is 0. The summed E-state index contributed by atoms with van der Waals surface area (Å²) < 4.78 is 24.0. The number of primary amides is 1. The number of hydrogen-bond acceptors (Lipinski definition) is 5. The number of carbonyl (C=O) groups is 3. The molecule has 0 atom stereocenters. The lowest BCUT2D eigenvalue weighted by molar-refractivity contribution is -0.151. The molecule has 2 aromatic rings. The summed E-state index contributed by atoms with van der Waals surface area (Å²) in [5.41, 5.74) is 7.74. The van der Waals surface area contributed by atoms with Gasteiger partial charge in [0.05, 0.1) is 5.69 Å². The van der Waals surface area contributed by atoms with Gasteiger partial charge in [-0.3, -0.25) is 9.59 Å². The lowest BCUT2D eigenvalue weighted by atomic mass is 9.98. The Bertz CT molecular complexity index is 1030. The number of benzene rings is 2. The summed E-state index contributed by atoms with van der Waals surface area (Å²) in [5.74, 6) is -0.356. The molecule has 1 fully saturated rings. The zero-order valence-electron chi connectivity index (χ0n) is 23.6. The summed E-state index contributed by atoms with van der Waals surface area (Å²) in [6, 6.07) is 13.1. The normalized spacial score (nSPS) is 12.6. The summed E-state index contributed by atoms with van der Waals surface area (Å²) in [5, 5.41) is 0. The standard InChI is InChI=1S/C16H22FNO.C8H9NO2.C6H12O2/c1-3-5-7-13-12(4-2)9-10-14(16(13)17)18-11-6-8-15(18)19;9-8(10)11-6-7-4-2-1-3-5-7;1-5(7)8-6(2,3)4/h9-10H,3-8,11H2,1-2H3;1-5H,6H2,(H2,9,10);1-4H3. The number of ether oxygens (including phenoxy) is 2. The quantitative estimate of drug-likeness (QED) is 0.413. The van der Waals surface area contributed by atoms with Crippen LogP contribution in [0.15, 0.2) is 42.5 Å². The number of rotatable bonds is 7. The second kappa shape index (κ2) is 16.4. The van der Waals surface area contributed by atoms with Gasteiger partial charge in [-0.1, -0.05) is 56.7 Å². The van der Waals surface area contributed by atoms with Crippen molar-refractivity contribution in [2.75, 3.05) is 11.4 Å². The highest BCUT2D eigenvalue weighted by molar-refractivity contribution is 5.95. The molecule has 1 aliphatic rings. The van der Waals surface area contributed by atoms with Crippen molar-refractivity contribution >= 4 is 23.7 Å². The molecule has 210 valence electrons. The topological polar surface area (TPSA) is 98.9 Å². The first-order valence-electron chi connectivity index (χ1n) is 13.2. The SMILES string of the molecule is CC(=O)OC(C)(C)C.CCCCc1c(CC)ccc(N2CCCC2=O)c1F.NC(=O)OCc1ccccc1. The number of aryl methyl sites for hydroxylation is 1. The maximum atomic E-state index is 14.7. The van der Waals surface area contributed by atoms with Gasteiger partial charge in [-0.05, 0) is 69.2 Å². The monoisotopic (exact) mass is 530 g/mol. The number of amides is 2. The smallest absolute Gasteiger partial charge is 0.404 e. The molecule has 3 rings (SSSR count). The van der Waals surface area contributed by atoms with Crippen LogP contribution in [0.1, 0.15) is 83.9 Å². The van der Waals surface area contributed by atoms with E-state index >= 15 is 0 Å². The Labute approximate surface area is 226 Å². The van der Waals surface area contributed by atoms with Crippen LogP contribution in [0.5, 0.6) is 0 Å². The van der Waals surface area contributed by atoms with Crippen LogP contribution in [-0.2, 0) is 38.5 Å². The molecular formula is C30H43FN2O5. The van der Waals surface area contributed by atoms with E-state index in [1.165, 1.54) is 6.92 Å². The minimum atomic E-state index is -0.742. The zero-order valence-corrected chi connectivity index (χ0v) is 23.6. The molecule has 0 unspecified atom stereocenters. The second-order valence-electron chi connectivity index (χ2n) is 9.94. The van der Waals surface area contributed by atoms with Gasteiger partial charge >= 0.3 is 12.1 Å². The highest BCUT2D eigenvalue weighted by Crippen LogP contribution is 2.30. The van der Waals surface area contributed by atoms with Crippen molar-refractivity contribution < 1.29 is 28.2 Å². The summed E-state index contributed by atoms with van der Waals surface area (Å²) in [4.78, 5) is 33.8. The van der Waals surface area contributed by atoms with Crippen LogP contribution in [0.25, 0.3) is 0 Å². The first kappa shape index (κ1) is 32.6. The van der Waals surface area contributed by atoms with Crippen molar-refractivity contribution in [3.8, 4) is 0 Å². The maximum absolute atomic E-state index is 14.7. The molecule has 2 N–H and O–H groups in total. The first-order valence-corrected chi connectivity index (χ1v) is 13.2. The van der Waals surface area contributed by atoms with Gasteiger partial charge in [0.15, 0.2) is 0 Å². The molecule has 0 aliphatic carbocycles. The van der Waals surface area contributed by atoms with Gasteiger partial charge in [0.1, 0.15) is 18.0 Å². The number of unbranched alkanes of at least 4 members (excludes halogenated alkanes) is 1. The number of halogens is 1. The number of carbonyl (C=O) groups excluding carboxylic acids is 3. The number of nitrogens with two attached hydrogens (primary N) is 1. The summed E-state index contributed by atoms with van der Waals surface area (Å²) in [6.07, 6.45) is 4.27. The van der Waals surface area contributed by atoms with Crippen molar-refractivity contribution in [2.24, 2.45) is 5.73 Å². The largest absolute Gasteiger partial charge is 0.460 e. The van der Waals surface area contributed by atoms with Crippen molar-refractivity contribution in [2.45, 2.75) is 92.3 Å². The van der Waals surface area contributed by atoms with Crippen LogP contribution in [0.4, 0.5) is 14.9 Å². The highest BCUT2D eigenvalue weighted by atomic mass is 19.1. The Hall–Kier alpha value is -3.42. The lowest BCUT2D eigenvalue weighted by Crippen LogP contribution is -2.25. The Balaban J connectivity index is 0.000000322. The van der Waals surface area contributed by atoms with Gasteiger partial charge in [-0.2, -0.15) is 0 Å². The van der Waals surface area contributed by atoms with E-state index in [2.05, 4.69) is 11.7 Å². The molecule has 8 heteroatoms. The molecule has 2 aromatic carbocycles. The fraction of sp³-hybridized carbons (Fsp3) is 0.500. The molecule has 7 nitrogen and oxygen atoms in total. The van der Waals surface area contributed by atoms with Gasteiger partial charge in [-0.15, -0.1) is 0 Å². The third-order valence-electron chi connectivity index (χ3n) is 5.52. The van der Waals surface area contributed by atoms with Crippen LogP contribution < -0.4 is 10.6 Å². The first-order chi connectivity index (χ1) is 17.9. The van der Waals surface area contributed by atoms with E-state index in [4.69, 9.17) is 10.5 Å². The Kier molecular flexibility index (Phi) is 14.1. The minimum absolute atomic E-state index is 0.0459. The third-order valence-corrected chi connectivity index (χ3v) is 5.52. The number of esters is 1. The molecule has 0 spiro atoms. The molecule has 1 heterocycles. The average molecular weight is 531 g/mol. The van der Waals surface area contributed by atoms with Gasteiger partial charge in [0.2, 0.25) is 5.91 Å². The fourth-order valence-corrected chi connectivity index (χ4v) is 3.88. The molecule has 0 bridgehead atoms. The van der Waals surface area contributed by atoms with E-state index in [1.807, 2.05) is 64.1 Å². The molecule has 2 amide bonds. The molecule has 0 radical (unpaired) electrons. The number of nitrogens with zero attached hydrogens (tertiary/aromatic N) is 1. The maximum Gasteiger partial charge on any atom is 0.404 e. The van der Waals surface area contributed by atoms with Crippen LogP contribution >= 0.6 is 0 Å². The lowest BCUT2D eigenvalue weighted by Gasteiger charge is -2.20. The predicted octanol–water partition coefficient (Wildman–Crippen LogP) is 6.49. The molecule has 0 saturated carbocycles. The van der Waals surface area contributed by atoms with Crippen molar-refractivity contribution in [1.29, 1.82) is 0 Å². The molecular weight excluding hydrogens is 487 g/mol. The summed E-state index contributed by atoms with van der Waals surface area (Å²) in [6.45, 7) is 12.0. The van der Waals surface area contributed by atoms with Crippen LogP contribution in [0.2, 0.25) is 0 Å². The van der Waals surface area contributed by atoms with Gasteiger partial charge in [0, 0.05) is 19.9 Å². The van der Waals surface area contributed by atoms with Crippen molar-refractivity contribution in [3.63, 3.8) is 0 Å². The minimum Gasteiger partial charge on any atom is -0.460 e. The van der Waals surface area contributed by atoms with Gasteiger partial charge < -0.3 is 20.1 Å². The molecule has 38 heavy (non-hydrogen) atoms. The van der Waals surface area contributed by atoms with E-state index in [0.717, 1.165) is 48.8 Å². The predicted molar refractivity (Wildman–Crippen MR) is 148 cm³/mol. The van der Waals surface area contributed by atoms with Crippen molar-refractivity contribution in [1.82, 2.24) is 0 Å². The Morgan fingerprint density at radius 2 is 1.74 bits per heavy atom. The van der Waals surface area contributed by atoms with E-state index < -0.39 is 6.09 Å². The average Bonchev–Trinajstić information content (AvgIpc) is 3.27. The summed E-state index contributed by atoms with van der Waals surface area (Å²) >= 11 is 0. The van der Waals surface area contributed by atoms with Crippen LogP contribution in [-0.4, -0.2) is 30.1 Å². The number of anilines is 1. The van der Waals surface area contributed by atoms with Gasteiger partial charge in [-0.25, -0.2) is 9.18 Å². The second-order valence-corrected chi connectivity index (χ2v) is 9.94. The highest BCUT2D eigenvalue weighted by Gasteiger charge is 2.25. The third kappa shape index (κ3) is 12.2. The van der Waals surface area contributed by atoms with Gasteiger partial charge in [0.25, 0.3) is 0 Å². The molecule has 1 aliphatic heterocycles. The van der Waals surface area contributed by atoms with E-state index in [9.17, 15) is 18.8 Å².